The summed E-state index contributed by atoms with van der Waals surface area (Å²) in [5, 5.41) is 0. The Morgan fingerprint density at radius 1 is 1.17 bits per heavy atom. The van der Waals surface area contributed by atoms with Gasteiger partial charge >= 0.3 is 0 Å². The van der Waals surface area contributed by atoms with Crippen LogP contribution in [0.2, 0.25) is 0 Å². The van der Waals surface area contributed by atoms with Gasteiger partial charge in [-0.15, -0.1) is 0 Å². The molecule has 0 bridgehead atoms. The number of anilines is 1. The molecule has 2 aromatic rings. The summed E-state index contributed by atoms with van der Waals surface area (Å²) < 4.78 is 5.70. The fourth-order valence-corrected chi connectivity index (χ4v) is 1.70. The minimum Gasteiger partial charge on any atom is -0.489 e. The molecule has 18 heavy (non-hydrogen) atoms. The van der Waals surface area contributed by atoms with E-state index in [9.17, 15) is 0 Å². The van der Waals surface area contributed by atoms with E-state index in [2.05, 4.69) is 31.0 Å². The average molecular weight is 242 g/mol. The van der Waals surface area contributed by atoms with E-state index in [1.54, 1.807) is 6.20 Å². The van der Waals surface area contributed by atoms with E-state index in [0.717, 1.165) is 11.3 Å². The molecule has 0 saturated carbocycles. The predicted octanol–water partition coefficient (Wildman–Crippen LogP) is 3.37. The molecule has 0 unspecified atom stereocenters. The lowest BCUT2D eigenvalue weighted by Crippen LogP contribution is -1.98. The van der Waals surface area contributed by atoms with Gasteiger partial charge in [0.1, 0.15) is 18.2 Å². The van der Waals surface area contributed by atoms with Crippen LogP contribution in [-0.4, -0.2) is 4.98 Å². The smallest absolute Gasteiger partial charge is 0.123 e. The largest absolute Gasteiger partial charge is 0.489 e. The van der Waals surface area contributed by atoms with Crippen LogP contribution in [0.5, 0.6) is 5.75 Å². The molecule has 94 valence electrons. The highest BCUT2D eigenvalue weighted by atomic mass is 16.5. The van der Waals surface area contributed by atoms with Gasteiger partial charge in [-0.2, -0.15) is 0 Å². The topological polar surface area (TPSA) is 48.1 Å². The molecule has 1 aromatic carbocycles. The lowest BCUT2D eigenvalue weighted by atomic mass is 10.0. The minimum atomic E-state index is 0.508. The van der Waals surface area contributed by atoms with Crippen LogP contribution < -0.4 is 10.5 Å². The summed E-state index contributed by atoms with van der Waals surface area (Å²) in [5.74, 6) is 1.93. The van der Waals surface area contributed by atoms with Gasteiger partial charge in [0.2, 0.25) is 0 Å². The molecule has 0 spiro atoms. The van der Waals surface area contributed by atoms with Crippen molar-refractivity contribution in [2.45, 2.75) is 26.4 Å². The molecule has 0 radical (unpaired) electrons. The molecule has 0 saturated heterocycles. The molecule has 0 aliphatic rings. The third kappa shape index (κ3) is 3.23. The molecule has 0 aliphatic heterocycles. The van der Waals surface area contributed by atoms with Crippen molar-refractivity contribution in [3.8, 4) is 5.75 Å². The number of ether oxygens (including phenoxy) is 1. The molecule has 3 heteroatoms. The van der Waals surface area contributed by atoms with Crippen LogP contribution in [0.4, 0.5) is 5.82 Å². The van der Waals surface area contributed by atoms with E-state index in [0.29, 0.717) is 18.3 Å². The Hall–Kier alpha value is -2.03. The highest BCUT2D eigenvalue weighted by molar-refractivity contribution is 5.32. The van der Waals surface area contributed by atoms with Crippen molar-refractivity contribution in [3.63, 3.8) is 0 Å². The third-order valence-electron chi connectivity index (χ3n) is 2.80. The van der Waals surface area contributed by atoms with Gasteiger partial charge in [-0.3, -0.25) is 0 Å². The third-order valence-corrected chi connectivity index (χ3v) is 2.80. The first-order chi connectivity index (χ1) is 8.65. The molecule has 0 atom stereocenters. The molecular weight excluding hydrogens is 224 g/mol. The number of hydrogen-bond acceptors (Lipinski definition) is 3. The summed E-state index contributed by atoms with van der Waals surface area (Å²) >= 11 is 0. The lowest BCUT2D eigenvalue weighted by molar-refractivity contribution is 0.306. The van der Waals surface area contributed by atoms with Crippen molar-refractivity contribution in [2.75, 3.05) is 5.73 Å². The van der Waals surface area contributed by atoms with Crippen LogP contribution in [0.3, 0.4) is 0 Å². The minimum absolute atomic E-state index is 0.508. The van der Waals surface area contributed by atoms with Crippen molar-refractivity contribution in [1.29, 1.82) is 0 Å². The van der Waals surface area contributed by atoms with Gasteiger partial charge in [0, 0.05) is 6.20 Å². The molecular formula is C15H18N2O. The zero-order chi connectivity index (χ0) is 13.0. The highest BCUT2D eigenvalue weighted by Gasteiger charge is 2.00. The molecule has 0 amide bonds. The lowest BCUT2D eigenvalue weighted by Gasteiger charge is -2.09. The zero-order valence-electron chi connectivity index (χ0n) is 10.8. The maximum atomic E-state index is 5.70. The number of nitrogens with zero attached hydrogens (tertiary/aromatic N) is 1. The summed E-state index contributed by atoms with van der Waals surface area (Å²) in [6.45, 7) is 4.86. The first kappa shape index (κ1) is 12.4. The standard InChI is InChI=1S/C15H18N2O/c1-11(2)13-3-5-14(6-4-13)18-10-12-7-8-17-15(16)9-12/h3-9,11H,10H2,1-2H3,(H2,16,17). The summed E-state index contributed by atoms with van der Waals surface area (Å²) in [7, 11) is 0. The van der Waals surface area contributed by atoms with Crippen LogP contribution in [0.15, 0.2) is 42.6 Å². The van der Waals surface area contributed by atoms with Gasteiger partial charge in [0.05, 0.1) is 0 Å². The molecule has 2 rings (SSSR count). The number of nitrogens with two attached hydrogens (primary N) is 1. The van der Waals surface area contributed by atoms with Crippen LogP contribution in [0.25, 0.3) is 0 Å². The Balaban J connectivity index is 1.98. The summed E-state index contributed by atoms with van der Waals surface area (Å²) in [4.78, 5) is 3.95. The number of nitrogen functional groups attached to an aromatic ring is 1. The van der Waals surface area contributed by atoms with Crippen molar-refractivity contribution in [1.82, 2.24) is 4.98 Å². The quantitative estimate of drug-likeness (QED) is 0.894. The number of pyridine rings is 1. The molecule has 1 aromatic heterocycles. The Bertz CT molecular complexity index is 506. The van der Waals surface area contributed by atoms with E-state index in [-0.39, 0.29) is 0 Å². The maximum absolute atomic E-state index is 5.70. The Morgan fingerprint density at radius 3 is 2.50 bits per heavy atom. The van der Waals surface area contributed by atoms with Crippen LogP contribution in [0, 0.1) is 0 Å². The molecule has 1 heterocycles. The fourth-order valence-electron chi connectivity index (χ4n) is 1.70. The second kappa shape index (κ2) is 5.54. The van der Waals surface area contributed by atoms with Crippen molar-refractivity contribution >= 4 is 5.82 Å². The van der Waals surface area contributed by atoms with E-state index in [1.165, 1.54) is 5.56 Å². The van der Waals surface area contributed by atoms with Gasteiger partial charge in [0.15, 0.2) is 0 Å². The molecule has 3 nitrogen and oxygen atoms in total. The van der Waals surface area contributed by atoms with Gasteiger partial charge in [-0.25, -0.2) is 4.98 Å². The number of aromatic nitrogens is 1. The van der Waals surface area contributed by atoms with Gasteiger partial charge in [-0.05, 0) is 41.3 Å². The Kier molecular flexibility index (Phi) is 3.82. The fraction of sp³-hybridized carbons (Fsp3) is 0.267. The van der Waals surface area contributed by atoms with E-state index in [1.807, 2.05) is 24.3 Å². The normalized spacial score (nSPS) is 10.6. The maximum Gasteiger partial charge on any atom is 0.123 e. The highest BCUT2D eigenvalue weighted by Crippen LogP contribution is 2.19. The first-order valence-electron chi connectivity index (χ1n) is 6.08. The summed E-state index contributed by atoms with van der Waals surface area (Å²) in [6.07, 6.45) is 1.69. The van der Waals surface area contributed by atoms with Gasteiger partial charge < -0.3 is 10.5 Å². The average Bonchev–Trinajstić information content (AvgIpc) is 2.37. The second-order valence-electron chi connectivity index (χ2n) is 4.60. The van der Waals surface area contributed by atoms with Crippen molar-refractivity contribution in [3.05, 3.63) is 53.7 Å². The van der Waals surface area contributed by atoms with E-state index < -0.39 is 0 Å². The SMILES string of the molecule is CC(C)c1ccc(OCc2ccnc(N)c2)cc1. The number of rotatable bonds is 4. The summed E-state index contributed by atoms with van der Waals surface area (Å²) in [5.41, 5.74) is 7.95. The predicted molar refractivity (Wildman–Crippen MR) is 73.5 cm³/mol. The van der Waals surface area contributed by atoms with Crippen LogP contribution in [0.1, 0.15) is 30.9 Å². The second-order valence-corrected chi connectivity index (χ2v) is 4.60. The monoisotopic (exact) mass is 242 g/mol. The van der Waals surface area contributed by atoms with Crippen molar-refractivity contribution < 1.29 is 4.74 Å². The van der Waals surface area contributed by atoms with Crippen LogP contribution in [-0.2, 0) is 6.61 Å². The first-order valence-corrected chi connectivity index (χ1v) is 6.08. The Morgan fingerprint density at radius 2 is 1.89 bits per heavy atom. The molecule has 2 N–H and O–H groups in total. The number of benzene rings is 1. The van der Waals surface area contributed by atoms with E-state index in [4.69, 9.17) is 10.5 Å². The van der Waals surface area contributed by atoms with Crippen molar-refractivity contribution in [2.24, 2.45) is 0 Å². The van der Waals surface area contributed by atoms with Gasteiger partial charge in [0.25, 0.3) is 0 Å². The number of hydrogen-bond donors (Lipinski definition) is 1. The zero-order valence-corrected chi connectivity index (χ0v) is 10.8. The molecule has 0 fully saturated rings. The Labute approximate surface area is 108 Å². The van der Waals surface area contributed by atoms with E-state index >= 15 is 0 Å². The molecule has 0 aliphatic carbocycles. The van der Waals surface area contributed by atoms with Crippen LogP contribution >= 0.6 is 0 Å². The summed E-state index contributed by atoms with van der Waals surface area (Å²) in [6, 6.07) is 11.9. The van der Waals surface area contributed by atoms with Gasteiger partial charge in [-0.1, -0.05) is 26.0 Å².